The lowest BCUT2D eigenvalue weighted by atomic mass is 9.90. The first-order valence-electron chi connectivity index (χ1n) is 12.6. The number of piperidine rings is 1. The number of nitrogens with one attached hydrogen (secondary N) is 2. The Hall–Kier alpha value is -2.87. The highest BCUT2D eigenvalue weighted by Gasteiger charge is 2.22. The summed E-state index contributed by atoms with van der Waals surface area (Å²) in [6.07, 6.45) is -0.690. The summed E-state index contributed by atoms with van der Waals surface area (Å²) in [5.74, 6) is 0.743. The summed E-state index contributed by atoms with van der Waals surface area (Å²) in [7, 11) is 1.77. The molecule has 0 radical (unpaired) electrons. The van der Waals surface area contributed by atoms with Crippen LogP contribution >= 0.6 is 0 Å². The predicted octanol–water partition coefficient (Wildman–Crippen LogP) is 6.27. The SMILES string of the molecule is CC.CC.Cc1nnc(NC(C)c2cccc(C(F)F)c2)c2cc(C3CCNCC3)c(=O)n(C)c12. The second-order valence-electron chi connectivity index (χ2n) is 8.22. The normalized spacial score (nSPS) is 14.6. The Labute approximate surface area is 207 Å². The van der Waals surface area contributed by atoms with Gasteiger partial charge in [0.2, 0.25) is 0 Å². The summed E-state index contributed by atoms with van der Waals surface area (Å²) >= 11 is 0. The number of aromatic nitrogens is 3. The van der Waals surface area contributed by atoms with Gasteiger partial charge in [0.05, 0.1) is 17.3 Å². The summed E-state index contributed by atoms with van der Waals surface area (Å²) in [6.45, 7) is 13.5. The molecule has 1 aromatic carbocycles. The van der Waals surface area contributed by atoms with Gasteiger partial charge in [-0.25, -0.2) is 8.78 Å². The van der Waals surface area contributed by atoms with Crippen molar-refractivity contribution >= 4 is 16.7 Å². The highest BCUT2D eigenvalue weighted by Crippen LogP contribution is 2.31. The Morgan fingerprint density at radius 3 is 2.31 bits per heavy atom. The van der Waals surface area contributed by atoms with Crippen molar-refractivity contribution < 1.29 is 8.78 Å². The van der Waals surface area contributed by atoms with E-state index >= 15 is 0 Å². The van der Waals surface area contributed by atoms with Crippen molar-refractivity contribution in [2.45, 2.75) is 72.8 Å². The molecule has 192 valence electrons. The maximum atomic E-state index is 13.1. The fourth-order valence-electron chi connectivity index (χ4n) is 4.39. The zero-order valence-corrected chi connectivity index (χ0v) is 22.0. The van der Waals surface area contributed by atoms with Crippen molar-refractivity contribution in [2.75, 3.05) is 18.4 Å². The van der Waals surface area contributed by atoms with E-state index in [0.717, 1.165) is 48.0 Å². The zero-order valence-electron chi connectivity index (χ0n) is 22.0. The molecule has 6 nitrogen and oxygen atoms in total. The minimum atomic E-state index is -2.52. The van der Waals surface area contributed by atoms with Crippen LogP contribution in [0.15, 0.2) is 35.1 Å². The molecule has 0 amide bonds. The van der Waals surface area contributed by atoms with E-state index in [1.807, 2.05) is 53.7 Å². The van der Waals surface area contributed by atoms with Crippen molar-refractivity contribution in [1.82, 2.24) is 20.1 Å². The molecule has 2 N–H and O–H groups in total. The summed E-state index contributed by atoms with van der Waals surface area (Å²) in [5.41, 5.74) is 2.91. The van der Waals surface area contributed by atoms with Crippen LogP contribution < -0.4 is 16.2 Å². The number of aryl methyl sites for hydroxylation is 2. The summed E-state index contributed by atoms with van der Waals surface area (Å²) in [5, 5.41) is 16.1. The topological polar surface area (TPSA) is 71.8 Å². The fourth-order valence-corrected chi connectivity index (χ4v) is 4.39. The number of alkyl halides is 2. The van der Waals surface area contributed by atoms with E-state index in [1.54, 1.807) is 17.7 Å². The second-order valence-corrected chi connectivity index (χ2v) is 8.22. The first kappa shape index (κ1) is 28.4. The van der Waals surface area contributed by atoms with Crippen molar-refractivity contribution in [3.05, 3.63) is 63.1 Å². The minimum absolute atomic E-state index is 0.000803. The standard InChI is InChI=1S/C23H27F2N5O.2C2H6/c1-13(16-5-4-6-17(11-16)21(24)25)27-22-19-12-18(15-7-9-26-10-8-15)23(31)30(3)20(19)14(2)28-29-22;2*1-2/h4-6,11-13,15,21,26H,7-10H2,1-3H3,(H,27,29);2*1-2H3. The van der Waals surface area contributed by atoms with Gasteiger partial charge < -0.3 is 15.2 Å². The molecule has 0 saturated carbocycles. The Balaban J connectivity index is 0.00000103. The molecule has 0 spiro atoms. The van der Waals surface area contributed by atoms with E-state index in [9.17, 15) is 13.6 Å². The van der Waals surface area contributed by atoms with Gasteiger partial charge in [-0.3, -0.25) is 4.79 Å². The van der Waals surface area contributed by atoms with E-state index in [2.05, 4.69) is 20.8 Å². The van der Waals surface area contributed by atoms with Crippen molar-refractivity contribution in [1.29, 1.82) is 0 Å². The number of fused-ring (bicyclic) bond motifs is 1. The number of pyridine rings is 1. The molecule has 1 atom stereocenters. The number of hydrogen-bond acceptors (Lipinski definition) is 5. The molecule has 8 heteroatoms. The average Bonchev–Trinajstić information content (AvgIpc) is 2.90. The van der Waals surface area contributed by atoms with E-state index < -0.39 is 6.43 Å². The third kappa shape index (κ3) is 6.42. The van der Waals surface area contributed by atoms with Crippen LogP contribution in [0.2, 0.25) is 0 Å². The van der Waals surface area contributed by atoms with E-state index in [0.29, 0.717) is 11.5 Å². The van der Waals surface area contributed by atoms with Gasteiger partial charge in [0.25, 0.3) is 12.0 Å². The molecule has 1 unspecified atom stereocenters. The molecule has 1 aliphatic heterocycles. The quantitative estimate of drug-likeness (QED) is 0.444. The lowest BCUT2D eigenvalue weighted by molar-refractivity contribution is 0.151. The lowest BCUT2D eigenvalue weighted by Crippen LogP contribution is -2.31. The summed E-state index contributed by atoms with van der Waals surface area (Å²) < 4.78 is 27.9. The molecule has 1 fully saturated rings. The van der Waals surface area contributed by atoms with Crippen LogP contribution in [0.5, 0.6) is 0 Å². The molecule has 3 aromatic rings. The van der Waals surface area contributed by atoms with E-state index in [4.69, 9.17) is 0 Å². The van der Waals surface area contributed by atoms with E-state index in [-0.39, 0.29) is 23.1 Å². The van der Waals surface area contributed by atoms with Crippen LogP contribution in [-0.4, -0.2) is 27.9 Å². The molecule has 35 heavy (non-hydrogen) atoms. The second kappa shape index (κ2) is 13.3. The third-order valence-electron chi connectivity index (χ3n) is 6.13. The molecule has 3 heterocycles. The highest BCUT2D eigenvalue weighted by atomic mass is 19.3. The average molecular weight is 488 g/mol. The Bertz CT molecular complexity index is 1160. The van der Waals surface area contributed by atoms with Crippen LogP contribution in [0.25, 0.3) is 10.9 Å². The molecule has 4 rings (SSSR count). The maximum Gasteiger partial charge on any atom is 0.263 e. The van der Waals surface area contributed by atoms with Crippen LogP contribution in [0.1, 0.15) is 88.2 Å². The van der Waals surface area contributed by atoms with Gasteiger partial charge in [0.15, 0.2) is 5.82 Å². The fraction of sp³-hybridized carbons (Fsp3) is 0.519. The predicted molar refractivity (Wildman–Crippen MR) is 140 cm³/mol. The van der Waals surface area contributed by atoms with Crippen LogP contribution in [0.3, 0.4) is 0 Å². The number of hydrogen-bond donors (Lipinski definition) is 2. The molecular formula is C27H39F2N5O. The Morgan fingerprint density at radius 2 is 1.69 bits per heavy atom. The smallest absolute Gasteiger partial charge is 0.263 e. The molecule has 0 aliphatic carbocycles. The lowest BCUT2D eigenvalue weighted by Gasteiger charge is -2.24. The summed E-state index contributed by atoms with van der Waals surface area (Å²) in [6, 6.07) is 8.04. The molecule has 1 aliphatic rings. The number of benzene rings is 1. The monoisotopic (exact) mass is 487 g/mol. The Kier molecular flexibility index (Phi) is 10.8. The van der Waals surface area contributed by atoms with Crippen molar-refractivity contribution in [2.24, 2.45) is 7.05 Å². The van der Waals surface area contributed by atoms with Crippen LogP contribution in [-0.2, 0) is 7.05 Å². The molecule has 2 aromatic heterocycles. The molecular weight excluding hydrogens is 448 g/mol. The van der Waals surface area contributed by atoms with Gasteiger partial charge >= 0.3 is 0 Å². The Morgan fingerprint density at radius 1 is 1.06 bits per heavy atom. The maximum absolute atomic E-state index is 13.1. The van der Waals surface area contributed by atoms with E-state index in [1.165, 1.54) is 12.1 Å². The van der Waals surface area contributed by atoms with Gasteiger partial charge in [-0.05, 0) is 63.4 Å². The van der Waals surface area contributed by atoms with Gasteiger partial charge in [-0.15, -0.1) is 5.10 Å². The largest absolute Gasteiger partial charge is 0.361 e. The number of halogens is 2. The summed E-state index contributed by atoms with van der Waals surface area (Å²) in [4.78, 5) is 13.1. The third-order valence-corrected chi connectivity index (χ3v) is 6.13. The van der Waals surface area contributed by atoms with Crippen LogP contribution in [0.4, 0.5) is 14.6 Å². The highest BCUT2D eigenvalue weighted by molar-refractivity contribution is 5.91. The molecule has 0 bridgehead atoms. The van der Waals surface area contributed by atoms with Crippen molar-refractivity contribution in [3.8, 4) is 0 Å². The van der Waals surface area contributed by atoms with Crippen LogP contribution in [0, 0.1) is 6.92 Å². The number of rotatable bonds is 5. The van der Waals surface area contributed by atoms with Crippen molar-refractivity contribution in [3.63, 3.8) is 0 Å². The minimum Gasteiger partial charge on any atom is -0.361 e. The zero-order chi connectivity index (χ0) is 26.1. The van der Waals surface area contributed by atoms with Gasteiger partial charge in [0.1, 0.15) is 0 Å². The first-order chi connectivity index (χ1) is 16.9. The van der Waals surface area contributed by atoms with Gasteiger partial charge in [-0.1, -0.05) is 45.9 Å². The molecule has 1 saturated heterocycles. The van der Waals surface area contributed by atoms with Gasteiger partial charge in [0, 0.05) is 23.6 Å². The van der Waals surface area contributed by atoms with Gasteiger partial charge in [-0.2, -0.15) is 5.10 Å². The number of nitrogens with zero attached hydrogens (tertiary/aromatic N) is 3. The first-order valence-corrected chi connectivity index (χ1v) is 12.6. The number of anilines is 1.